The molecule has 0 amide bonds. The van der Waals surface area contributed by atoms with Crippen molar-refractivity contribution < 1.29 is 8.72 Å². The number of para-hydroxylation sites is 1. The van der Waals surface area contributed by atoms with Crippen LogP contribution >= 0.6 is 8.46 Å². The molecule has 4 heteroatoms. The Kier molecular flexibility index (Phi) is 4.89. The maximum atomic E-state index is 14.1. The molecule has 1 unspecified atom stereocenters. The summed E-state index contributed by atoms with van der Waals surface area (Å²) in [5.41, 5.74) is 8.49. The quantitative estimate of drug-likeness (QED) is 0.826. The number of rotatable bonds is 5. The lowest BCUT2D eigenvalue weighted by Crippen LogP contribution is -2.01. The summed E-state index contributed by atoms with van der Waals surface area (Å²) in [6.07, 6.45) is 0.275. The normalized spacial score (nSPS) is 12.2. The molecule has 0 fully saturated rings. The minimum absolute atomic E-state index is 0.275. The van der Waals surface area contributed by atoms with Crippen LogP contribution in [-0.2, 0) is 12.7 Å². The van der Waals surface area contributed by atoms with Crippen molar-refractivity contribution >= 4 is 8.46 Å². The lowest BCUT2D eigenvalue weighted by Gasteiger charge is -2.13. The van der Waals surface area contributed by atoms with E-state index in [0.29, 0.717) is 12.3 Å². The van der Waals surface area contributed by atoms with Crippen LogP contribution in [0.15, 0.2) is 48.5 Å². The Bertz CT molecular complexity index is 547. The summed E-state index contributed by atoms with van der Waals surface area (Å²) in [5.74, 6) is 0.612. The minimum atomic E-state index is -2.03. The fourth-order valence-corrected chi connectivity index (χ4v) is 2.90. The number of hydrogen-bond acceptors (Lipinski definition) is 2. The van der Waals surface area contributed by atoms with Crippen LogP contribution in [-0.4, -0.2) is 0 Å². The van der Waals surface area contributed by atoms with Crippen LogP contribution in [0.25, 0.3) is 0 Å². The fourth-order valence-electron chi connectivity index (χ4n) is 1.84. The predicted molar refractivity (Wildman–Crippen MR) is 77.9 cm³/mol. The van der Waals surface area contributed by atoms with E-state index in [4.69, 9.17) is 10.3 Å². The van der Waals surface area contributed by atoms with Gasteiger partial charge < -0.3 is 10.3 Å². The molecule has 0 spiro atoms. The van der Waals surface area contributed by atoms with Gasteiger partial charge in [0.1, 0.15) is 5.75 Å². The number of halogens is 1. The first-order valence-corrected chi connectivity index (χ1v) is 7.48. The van der Waals surface area contributed by atoms with Gasteiger partial charge in [0.25, 0.3) is 8.46 Å². The van der Waals surface area contributed by atoms with Crippen molar-refractivity contribution in [1.29, 1.82) is 0 Å². The van der Waals surface area contributed by atoms with Crippen molar-refractivity contribution in [2.24, 2.45) is 5.73 Å². The molecule has 0 saturated heterocycles. The van der Waals surface area contributed by atoms with Gasteiger partial charge in [0.15, 0.2) is 0 Å². The molecule has 100 valence electrons. The first kappa shape index (κ1) is 14.0. The molecule has 1 atom stereocenters. The lowest BCUT2D eigenvalue weighted by atomic mass is 10.1. The Morgan fingerprint density at radius 3 is 2.37 bits per heavy atom. The SMILES string of the molecule is Cc1ccccc1OP(F)Cc1ccccc1CN. The smallest absolute Gasteiger partial charge is 0.280 e. The third-order valence-electron chi connectivity index (χ3n) is 2.92. The summed E-state index contributed by atoms with van der Waals surface area (Å²) < 4.78 is 19.5. The second-order valence-electron chi connectivity index (χ2n) is 4.31. The molecule has 0 aromatic heterocycles. The van der Waals surface area contributed by atoms with Gasteiger partial charge in [-0.15, -0.1) is 0 Å². The van der Waals surface area contributed by atoms with E-state index in [1.54, 1.807) is 6.07 Å². The molecule has 0 heterocycles. The van der Waals surface area contributed by atoms with E-state index in [-0.39, 0.29) is 6.16 Å². The first-order valence-electron chi connectivity index (χ1n) is 6.14. The number of benzene rings is 2. The first-order chi connectivity index (χ1) is 9.20. The second-order valence-corrected chi connectivity index (χ2v) is 5.44. The maximum Gasteiger partial charge on any atom is 0.280 e. The van der Waals surface area contributed by atoms with Crippen LogP contribution in [0.2, 0.25) is 0 Å². The summed E-state index contributed by atoms with van der Waals surface area (Å²) in [5, 5.41) is 0. The molecule has 0 radical (unpaired) electrons. The van der Waals surface area contributed by atoms with E-state index >= 15 is 0 Å². The Labute approximate surface area is 114 Å². The molecule has 0 aliphatic rings. The molecule has 2 N–H and O–H groups in total. The molecule has 2 rings (SSSR count). The lowest BCUT2D eigenvalue weighted by molar-refractivity contribution is 0.558. The summed E-state index contributed by atoms with van der Waals surface area (Å²) in [4.78, 5) is 0. The number of hydrogen-bond donors (Lipinski definition) is 1. The van der Waals surface area contributed by atoms with Crippen LogP contribution in [0, 0.1) is 6.92 Å². The zero-order valence-corrected chi connectivity index (χ0v) is 11.7. The van der Waals surface area contributed by atoms with Crippen LogP contribution in [0.1, 0.15) is 16.7 Å². The fraction of sp³-hybridized carbons (Fsp3) is 0.200. The van der Waals surface area contributed by atoms with Crippen molar-refractivity contribution in [2.45, 2.75) is 19.6 Å². The third-order valence-corrected chi connectivity index (χ3v) is 3.91. The monoisotopic (exact) mass is 277 g/mol. The Morgan fingerprint density at radius 1 is 1.05 bits per heavy atom. The predicted octanol–water partition coefficient (Wildman–Crippen LogP) is 4.31. The number of aryl methyl sites for hydroxylation is 1. The zero-order chi connectivity index (χ0) is 13.7. The summed E-state index contributed by atoms with van der Waals surface area (Å²) in [6.45, 7) is 2.33. The van der Waals surface area contributed by atoms with Crippen LogP contribution in [0.4, 0.5) is 4.20 Å². The topological polar surface area (TPSA) is 35.2 Å². The Morgan fingerprint density at radius 2 is 1.68 bits per heavy atom. The molecule has 0 bridgehead atoms. The van der Waals surface area contributed by atoms with E-state index in [0.717, 1.165) is 16.7 Å². The van der Waals surface area contributed by atoms with Gasteiger partial charge in [-0.2, -0.15) is 4.20 Å². The maximum absolute atomic E-state index is 14.1. The van der Waals surface area contributed by atoms with E-state index in [2.05, 4.69) is 0 Å². The van der Waals surface area contributed by atoms with Crippen molar-refractivity contribution in [3.63, 3.8) is 0 Å². The molecular weight excluding hydrogens is 260 g/mol. The second kappa shape index (κ2) is 6.65. The van der Waals surface area contributed by atoms with E-state index < -0.39 is 8.46 Å². The zero-order valence-electron chi connectivity index (χ0n) is 10.8. The molecule has 0 saturated carbocycles. The standard InChI is InChI=1S/C15H17FNOP/c1-12-6-2-5-9-15(12)18-19(16)11-14-8-4-3-7-13(14)10-17/h2-9H,10-11,17H2,1H3. The Balaban J connectivity index is 2.05. The van der Waals surface area contributed by atoms with Gasteiger partial charge in [-0.1, -0.05) is 42.5 Å². The van der Waals surface area contributed by atoms with Gasteiger partial charge in [0, 0.05) is 6.54 Å². The molecule has 2 nitrogen and oxygen atoms in total. The van der Waals surface area contributed by atoms with Gasteiger partial charge in [-0.25, -0.2) is 0 Å². The largest absolute Gasteiger partial charge is 0.443 e. The van der Waals surface area contributed by atoms with Gasteiger partial charge >= 0.3 is 0 Å². The van der Waals surface area contributed by atoms with Gasteiger partial charge in [0.05, 0.1) is 6.16 Å². The average molecular weight is 277 g/mol. The molecule has 2 aromatic rings. The highest BCUT2D eigenvalue weighted by atomic mass is 31.2. The van der Waals surface area contributed by atoms with Crippen molar-refractivity contribution in [2.75, 3.05) is 0 Å². The highest BCUT2D eigenvalue weighted by Gasteiger charge is 2.14. The molecule has 0 aliphatic carbocycles. The van der Waals surface area contributed by atoms with Crippen LogP contribution in [0.3, 0.4) is 0 Å². The summed E-state index contributed by atoms with van der Waals surface area (Å²) in [6, 6.07) is 15.1. The van der Waals surface area contributed by atoms with Gasteiger partial charge in [-0.05, 0) is 29.7 Å². The number of nitrogens with two attached hydrogens (primary N) is 1. The average Bonchev–Trinajstić information content (AvgIpc) is 2.42. The Hall–Kier alpha value is -1.44. The van der Waals surface area contributed by atoms with Gasteiger partial charge in [0.2, 0.25) is 0 Å². The minimum Gasteiger partial charge on any atom is -0.443 e. The van der Waals surface area contributed by atoms with E-state index in [1.165, 1.54) is 0 Å². The van der Waals surface area contributed by atoms with Crippen molar-refractivity contribution in [3.05, 3.63) is 65.2 Å². The molecular formula is C15H17FNOP. The molecule has 2 aromatic carbocycles. The van der Waals surface area contributed by atoms with Crippen molar-refractivity contribution in [3.8, 4) is 5.75 Å². The third kappa shape index (κ3) is 3.76. The highest BCUT2D eigenvalue weighted by molar-refractivity contribution is 7.46. The summed E-state index contributed by atoms with van der Waals surface area (Å²) in [7, 11) is -2.03. The molecule has 19 heavy (non-hydrogen) atoms. The highest BCUT2D eigenvalue weighted by Crippen LogP contribution is 2.44. The molecule has 0 aliphatic heterocycles. The van der Waals surface area contributed by atoms with E-state index in [9.17, 15) is 4.20 Å². The van der Waals surface area contributed by atoms with Crippen molar-refractivity contribution in [1.82, 2.24) is 0 Å². The van der Waals surface area contributed by atoms with Crippen LogP contribution < -0.4 is 10.3 Å². The van der Waals surface area contributed by atoms with Crippen LogP contribution in [0.5, 0.6) is 5.75 Å². The van der Waals surface area contributed by atoms with Gasteiger partial charge in [-0.3, -0.25) is 0 Å². The summed E-state index contributed by atoms with van der Waals surface area (Å²) >= 11 is 0. The van der Waals surface area contributed by atoms with E-state index in [1.807, 2.05) is 49.4 Å².